The lowest BCUT2D eigenvalue weighted by Gasteiger charge is -2.22. The first-order chi connectivity index (χ1) is 8.59. The standard InChI is InChI=1S/C14H16N2O2/c1-10(14(17)18)9-16(2)12-7-3-5-11-6-4-8-15-13(11)12/h3-8,10H,9H2,1-2H3,(H,17,18). The molecule has 4 nitrogen and oxygen atoms in total. The predicted molar refractivity (Wildman–Crippen MR) is 71.8 cm³/mol. The number of para-hydroxylation sites is 1. The highest BCUT2D eigenvalue weighted by Crippen LogP contribution is 2.24. The number of carboxylic acids is 1. The Morgan fingerprint density at radius 2 is 2.11 bits per heavy atom. The van der Waals surface area contributed by atoms with Crippen LogP contribution in [0.4, 0.5) is 5.69 Å². The number of hydrogen-bond acceptors (Lipinski definition) is 3. The topological polar surface area (TPSA) is 53.4 Å². The Kier molecular flexibility index (Phi) is 3.46. The number of carbonyl (C=O) groups is 1. The van der Waals surface area contributed by atoms with Crippen LogP contribution in [0.25, 0.3) is 10.9 Å². The van der Waals surface area contributed by atoms with E-state index >= 15 is 0 Å². The van der Waals surface area contributed by atoms with Gasteiger partial charge in [-0.2, -0.15) is 0 Å². The summed E-state index contributed by atoms with van der Waals surface area (Å²) in [6, 6.07) is 9.82. The zero-order valence-corrected chi connectivity index (χ0v) is 10.5. The molecule has 0 bridgehead atoms. The molecule has 0 amide bonds. The fraction of sp³-hybridized carbons (Fsp3) is 0.286. The Hall–Kier alpha value is -2.10. The zero-order chi connectivity index (χ0) is 13.1. The van der Waals surface area contributed by atoms with Crippen molar-refractivity contribution in [1.29, 1.82) is 0 Å². The fourth-order valence-corrected chi connectivity index (χ4v) is 1.98. The van der Waals surface area contributed by atoms with Crippen molar-refractivity contribution in [2.24, 2.45) is 5.92 Å². The third-order valence-corrected chi connectivity index (χ3v) is 2.99. The summed E-state index contributed by atoms with van der Waals surface area (Å²) in [5.74, 6) is -1.19. The van der Waals surface area contributed by atoms with E-state index in [4.69, 9.17) is 5.11 Å². The van der Waals surface area contributed by atoms with Gasteiger partial charge in [-0.25, -0.2) is 0 Å². The summed E-state index contributed by atoms with van der Waals surface area (Å²) in [5.41, 5.74) is 1.86. The van der Waals surface area contributed by atoms with Crippen molar-refractivity contribution < 1.29 is 9.90 Å². The van der Waals surface area contributed by atoms with Gasteiger partial charge in [0, 0.05) is 25.2 Å². The van der Waals surface area contributed by atoms with Crippen LogP contribution in [-0.4, -0.2) is 29.7 Å². The Bertz CT molecular complexity index is 563. The lowest BCUT2D eigenvalue weighted by Crippen LogP contribution is -2.28. The highest BCUT2D eigenvalue weighted by molar-refractivity contribution is 5.90. The van der Waals surface area contributed by atoms with Gasteiger partial charge in [-0.05, 0) is 12.1 Å². The molecule has 1 heterocycles. The molecule has 0 aliphatic rings. The van der Waals surface area contributed by atoms with Gasteiger partial charge in [-0.1, -0.05) is 25.1 Å². The van der Waals surface area contributed by atoms with Gasteiger partial charge >= 0.3 is 5.97 Å². The van der Waals surface area contributed by atoms with E-state index in [-0.39, 0.29) is 0 Å². The maximum absolute atomic E-state index is 10.9. The van der Waals surface area contributed by atoms with Crippen LogP contribution in [-0.2, 0) is 4.79 Å². The first-order valence-corrected chi connectivity index (χ1v) is 5.87. The smallest absolute Gasteiger partial charge is 0.308 e. The first-order valence-electron chi connectivity index (χ1n) is 5.87. The average Bonchev–Trinajstić information content (AvgIpc) is 2.37. The molecule has 1 unspecified atom stereocenters. The second kappa shape index (κ2) is 5.04. The second-order valence-electron chi connectivity index (χ2n) is 4.47. The molecular formula is C14H16N2O2. The normalized spacial score (nSPS) is 12.3. The third-order valence-electron chi connectivity index (χ3n) is 2.99. The number of nitrogens with zero attached hydrogens (tertiary/aromatic N) is 2. The van der Waals surface area contributed by atoms with Gasteiger partial charge in [0.2, 0.25) is 0 Å². The molecule has 0 radical (unpaired) electrons. The maximum atomic E-state index is 10.9. The van der Waals surface area contributed by atoms with Crippen molar-refractivity contribution in [1.82, 2.24) is 4.98 Å². The molecule has 2 aromatic rings. The second-order valence-corrected chi connectivity index (χ2v) is 4.47. The molecule has 1 aromatic carbocycles. The van der Waals surface area contributed by atoms with Crippen LogP contribution in [0.3, 0.4) is 0 Å². The summed E-state index contributed by atoms with van der Waals surface area (Å²) < 4.78 is 0. The van der Waals surface area contributed by atoms with Crippen LogP contribution < -0.4 is 4.90 Å². The molecule has 0 saturated heterocycles. The minimum Gasteiger partial charge on any atom is -0.481 e. The molecule has 0 aliphatic carbocycles. The van der Waals surface area contributed by atoms with Crippen molar-refractivity contribution in [2.75, 3.05) is 18.5 Å². The number of benzene rings is 1. The van der Waals surface area contributed by atoms with E-state index < -0.39 is 11.9 Å². The first kappa shape index (κ1) is 12.4. The number of rotatable bonds is 4. The molecule has 0 fully saturated rings. The minimum absolute atomic E-state index is 0.408. The van der Waals surface area contributed by atoms with Gasteiger partial charge in [-0.3, -0.25) is 9.78 Å². The summed E-state index contributed by atoms with van der Waals surface area (Å²) in [7, 11) is 1.89. The molecule has 4 heteroatoms. The van der Waals surface area contributed by atoms with Crippen molar-refractivity contribution in [3.8, 4) is 0 Å². The minimum atomic E-state index is -0.782. The molecule has 1 atom stereocenters. The van der Waals surface area contributed by atoms with Gasteiger partial charge in [0.05, 0.1) is 17.1 Å². The van der Waals surface area contributed by atoms with Crippen molar-refractivity contribution >= 4 is 22.6 Å². The van der Waals surface area contributed by atoms with Crippen LogP contribution in [0.5, 0.6) is 0 Å². The van der Waals surface area contributed by atoms with E-state index in [2.05, 4.69) is 4.98 Å². The summed E-state index contributed by atoms with van der Waals surface area (Å²) in [5, 5.41) is 10.0. The van der Waals surface area contributed by atoms with Crippen molar-refractivity contribution in [3.63, 3.8) is 0 Å². The van der Waals surface area contributed by atoms with Crippen molar-refractivity contribution in [2.45, 2.75) is 6.92 Å². The van der Waals surface area contributed by atoms with E-state index in [1.54, 1.807) is 13.1 Å². The van der Waals surface area contributed by atoms with Crippen LogP contribution in [0, 0.1) is 5.92 Å². The quantitative estimate of drug-likeness (QED) is 0.897. The van der Waals surface area contributed by atoms with Gasteiger partial charge in [0.15, 0.2) is 0 Å². The highest BCUT2D eigenvalue weighted by atomic mass is 16.4. The molecule has 0 saturated carbocycles. The largest absolute Gasteiger partial charge is 0.481 e. The summed E-state index contributed by atoms with van der Waals surface area (Å²) in [4.78, 5) is 17.2. The number of fused-ring (bicyclic) bond motifs is 1. The summed E-state index contributed by atoms with van der Waals surface area (Å²) in [6.45, 7) is 2.17. The molecule has 0 aliphatic heterocycles. The Labute approximate surface area is 106 Å². The van der Waals surface area contributed by atoms with E-state index in [1.165, 1.54) is 0 Å². The summed E-state index contributed by atoms with van der Waals surface area (Å²) in [6.07, 6.45) is 1.75. The Morgan fingerprint density at radius 1 is 1.39 bits per heavy atom. The lowest BCUT2D eigenvalue weighted by atomic mass is 10.1. The van der Waals surface area contributed by atoms with Gasteiger partial charge in [0.1, 0.15) is 0 Å². The van der Waals surface area contributed by atoms with E-state index in [0.29, 0.717) is 6.54 Å². The van der Waals surface area contributed by atoms with Crippen LogP contribution in [0.2, 0.25) is 0 Å². The van der Waals surface area contributed by atoms with E-state index in [9.17, 15) is 4.79 Å². The SMILES string of the molecule is CC(CN(C)c1cccc2cccnc12)C(=O)O. The van der Waals surface area contributed by atoms with Gasteiger partial charge < -0.3 is 10.0 Å². The van der Waals surface area contributed by atoms with Crippen LogP contribution in [0.15, 0.2) is 36.5 Å². The third kappa shape index (κ3) is 2.42. The molecule has 2 rings (SSSR count). The maximum Gasteiger partial charge on any atom is 0.308 e. The number of pyridine rings is 1. The van der Waals surface area contributed by atoms with E-state index in [0.717, 1.165) is 16.6 Å². The molecule has 0 spiro atoms. The molecule has 1 aromatic heterocycles. The summed E-state index contributed by atoms with van der Waals surface area (Å²) >= 11 is 0. The number of carboxylic acid groups (broad SMARTS) is 1. The predicted octanol–water partition coefficient (Wildman–Crippen LogP) is 2.39. The van der Waals surface area contributed by atoms with Crippen LogP contribution >= 0.6 is 0 Å². The number of aliphatic carboxylic acids is 1. The highest BCUT2D eigenvalue weighted by Gasteiger charge is 2.15. The van der Waals surface area contributed by atoms with Gasteiger partial charge in [-0.15, -0.1) is 0 Å². The van der Waals surface area contributed by atoms with E-state index in [1.807, 2.05) is 42.3 Å². The molecular weight excluding hydrogens is 228 g/mol. The Morgan fingerprint density at radius 3 is 2.83 bits per heavy atom. The molecule has 94 valence electrons. The number of hydrogen-bond donors (Lipinski definition) is 1. The van der Waals surface area contributed by atoms with Gasteiger partial charge in [0.25, 0.3) is 0 Å². The fourth-order valence-electron chi connectivity index (χ4n) is 1.98. The monoisotopic (exact) mass is 244 g/mol. The number of anilines is 1. The van der Waals surface area contributed by atoms with Crippen LogP contribution in [0.1, 0.15) is 6.92 Å². The van der Waals surface area contributed by atoms with Crippen molar-refractivity contribution in [3.05, 3.63) is 36.5 Å². The Balaban J connectivity index is 2.33. The molecule has 18 heavy (non-hydrogen) atoms. The number of aromatic nitrogens is 1. The zero-order valence-electron chi connectivity index (χ0n) is 10.5. The average molecular weight is 244 g/mol. The lowest BCUT2D eigenvalue weighted by molar-refractivity contribution is -0.140. The molecule has 1 N–H and O–H groups in total.